The first-order valence-electron chi connectivity index (χ1n) is 36.7. The van der Waals surface area contributed by atoms with Crippen LogP contribution in [0, 0.1) is 23.7 Å². The fourth-order valence-corrected chi connectivity index (χ4v) is 12.2. The minimum absolute atomic E-state index is 0.105. The topological polar surface area (TPSA) is 237 Å². The average Bonchev–Trinajstić information content (AvgIpc) is 2.83. The Labute approximate surface area is 549 Å². The van der Waals surface area contributed by atoms with Crippen LogP contribution in [0.15, 0.2) is 0 Å². The molecule has 0 spiro atoms. The molecular formula is C71H138O17P2. The van der Waals surface area contributed by atoms with Crippen molar-refractivity contribution in [3.8, 4) is 0 Å². The van der Waals surface area contributed by atoms with Crippen molar-refractivity contribution in [1.82, 2.24) is 0 Å². The van der Waals surface area contributed by atoms with Crippen LogP contribution in [0.5, 0.6) is 0 Å². The zero-order chi connectivity index (χ0) is 66.8. The molecule has 6 atom stereocenters. The highest BCUT2D eigenvalue weighted by molar-refractivity contribution is 7.47. The van der Waals surface area contributed by atoms with E-state index < -0.39 is 97.5 Å². The van der Waals surface area contributed by atoms with Crippen LogP contribution in [-0.2, 0) is 65.4 Å². The Morgan fingerprint density at radius 3 is 0.789 bits per heavy atom. The van der Waals surface area contributed by atoms with Crippen molar-refractivity contribution < 1.29 is 80.2 Å². The number of rotatable bonds is 68. The third-order valence-corrected chi connectivity index (χ3v) is 18.6. The Morgan fingerprint density at radius 1 is 0.311 bits per heavy atom. The number of esters is 4. The summed E-state index contributed by atoms with van der Waals surface area (Å²) in [6.45, 7) is 14.1. The monoisotopic (exact) mass is 1320 g/mol. The number of carbonyl (C=O) groups is 4. The van der Waals surface area contributed by atoms with Gasteiger partial charge in [-0.15, -0.1) is 0 Å². The highest BCUT2D eigenvalue weighted by Crippen LogP contribution is 2.45. The van der Waals surface area contributed by atoms with Crippen LogP contribution in [0.2, 0.25) is 0 Å². The van der Waals surface area contributed by atoms with E-state index in [1.807, 2.05) is 0 Å². The minimum Gasteiger partial charge on any atom is -0.462 e. The predicted octanol–water partition coefficient (Wildman–Crippen LogP) is 20.1. The van der Waals surface area contributed by atoms with Crippen molar-refractivity contribution in [2.45, 2.75) is 369 Å². The lowest BCUT2D eigenvalue weighted by Gasteiger charge is -2.21. The van der Waals surface area contributed by atoms with E-state index in [9.17, 15) is 43.2 Å². The van der Waals surface area contributed by atoms with Crippen molar-refractivity contribution in [3.63, 3.8) is 0 Å². The van der Waals surface area contributed by atoms with Gasteiger partial charge in [-0.2, -0.15) is 0 Å². The van der Waals surface area contributed by atoms with Gasteiger partial charge in [-0.25, -0.2) is 9.13 Å². The number of aliphatic hydroxyl groups excluding tert-OH is 1. The van der Waals surface area contributed by atoms with E-state index >= 15 is 0 Å². The van der Waals surface area contributed by atoms with Crippen LogP contribution in [0.4, 0.5) is 0 Å². The second-order valence-corrected chi connectivity index (χ2v) is 30.2. The summed E-state index contributed by atoms with van der Waals surface area (Å²) < 4.78 is 68.3. The van der Waals surface area contributed by atoms with E-state index in [2.05, 4.69) is 55.4 Å². The van der Waals surface area contributed by atoms with E-state index in [0.717, 1.165) is 114 Å². The van der Waals surface area contributed by atoms with E-state index in [-0.39, 0.29) is 25.7 Å². The molecule has 0 aromatic carbocycles. The summed E-state index contributed by atoms with van der Waals surface area (Å²) in [6.07, 6.45) is 43.1. The van der Waals surface area contributed by atoms with Crippen LogP contribution >= 0.6 is 15.6 Å². The Hall–Kier alpha value is -1.94. The quantitative estimate of drug-likeness (QED) is 0.0222. The summed E-state index contributed by atoms with van der Waals surface area (Å²) in [5.41, 5.74) is 0. The molecule has 90 heavy (non-hydrogen) atoms. The molecule has 0 bridgehead atoms. The number of hydrogen-bond acceptors (Lipinski definition) is 15. The summed E-state index contributed by atoms with van der Waals surface area (Å²) in [5, 5.41) is 10.6. The lowest BCUT2D eigenvalue weighted by atomic mass is 9.99. The molecule has 17 nitrogen and oxygen atoms in total. The summed E-state index contributed by atoms with van der Waals surface area (Å²) in [5.74, 6) is 0.874. The van der Waals surface area contributed by atoms with Crippen molar-refractivity contribution in [2.75, 3.05) is 39.6 Å². The zero-order valence-corrected chi connectivity index (χ0v) is 60.6. The van der Waals surface area contributed by atoms with Crippen molar-refractivity contribution in [2.24, 2.45) is 23.7 Å². The molecule has 3 N–H and O–H groups in total. The highest BCUT2D eigenvalue weighted by atomic mass is 31.2. The molecule has 0 aliphatic rings. The standard InChI is InChI=1S/C71H138O17P2/c1-9-64(8)50-42-34-25-19-14-15-21-28-38-46-54-71(76)87-66(57-81-68(73)51-43-35-26-22-16-18-24-32-40-48-62(4)5)59-85-89(77,78)83-55-65(72)56-84-90(79,80)86-60-67(58-82-69(74)52-44-36-30-29-33-41-49-63(6)7)88-70(75)53-45-37-27-20-13-11-10-12-17-23-31-39-47-61(2)3/h61-67,72H,9-60H2,1-8H3,(H,77,78)(H,79,80)/t64?,65-,66-,67-/m1/s1. The minimum atomic E-state index is -4.95. The average molecular weight is 1330 g/mol. The maximum absolute atomic E-state index is 13.0. The molecule has 0 saturated carbocycles. The number of unbranched alkanes of at least 4 members (excludes halogenated alkanes) is 33. The Balaban J connectivity index is 5.25. The molecule has 534 valence electrons. The molecule has 0 aromatic rings. The second kappa shape index (κ2) is 60.7. The molecule has 0 amide bonds. The molecule has 0 aliphatic heterocycles. The van der Waals surface area contributed by atoms with Crippen LogP contribution in [0.1, 0.15) is 351 Å². The van der Waals surface area contributed by atoms with Gasteiger partial charge in [0.2, 0.25) is 0 Å². The van der Waals surface area contributed by atoms with Gasteiger partial charge in [0.05, 0.1) is 26.4 Å². The number of carbonyl (C=O) groups excluding carboxylic acids is 4. The molecule has 0 fully saturated rings. The molecule has 0 saturated heterocycles. The van der Waals surface area contributed by atoms with Gasteiger partial charge in [0, 0.05) is 25.7 Å². The smallest absolute Gasteiger partial charge is 0.462 e. The van der Waals surface area contributed by atoms with Crippen molar-refractivity contribution >= 4 is 39.5 Å². The van der Waals surface area contributed by atoms with Crippen LogP contribution < -0.4 is 0 Å². The summed E-state index contributed by atoms with van der Waals surface area (Å²) in [4.78, 5) is 72.6. The van der Waals surface area contributed by atoms with Gasteiger partial charge >= 0.3 is 39.5 Å². The van der Waals surface area contributed by atoms with Gasteiger partial charge in [-0.05, 0) is 49.4 Å². The van der Waals surface area contributed by atoms with Gasteiger partial charge in [-0.3, -0.25) is 37.3 Å². The zero-order valence-electron chi connectivity index (χ0n) is 58.8. The normalized spacial score (nSPS) is 14.6. The Bertz CT molecular complexity index is 1780. The second-order valence-electron chi connectivity index (χ2n) is 27.3. The predicted molar refractivity (Wildman–Crippen MR) is 363 cm³/mol. The summed E-state index contributed by atoms with van der Waals surface area (Å²) in [6, 6.07) is 0. The molecule has 0 aromatic heterocycles. The maximum Gasteiger partial charge on any atom is 0.472 e. The summed E-state index contributed by atoms with van der Waals surface area (Å²) in [7, 11) is -9.90. The molecular weight excluding hydrogens is 1190 g/mol. The third kappa shape index (κ3) is 63.5. The largest absolute Gasteiger partial charge is 0.472 e. The van der Waals surface area contributed by atoms with Crippen molar-refractivity contribution in [1.29, 1.82) is 0 Å². The molecule has 19 heteroatoms. The van der Waals surface area contributed by atoms with Gasteiger partial charge < -0.3 is 33.8 Å². The van der Waals surface area contributed by atoms with E-state index in [0.29, 0.717) is 31.6 Å². The first-order valence-corrected chi connectivity index (χ1v) is 39.7. The van der Waals surface area contributed by atoms with Gasteiger partial charge in [-0.1, -0.05) is 299 Å². The molecule has 0 heterocycles. The van der Waals surface area contributed by atoms with E-state index in [4.69, 9.17) is 37.0 Å². The first-order chi connectivity index (χ1) is 43.1. The molecule has 0 aliphatic carbocycles. The van der Waals surface area contributed by atoms with Gasteiger partial charge in [0.25, 0.3) is 0 Å². The van der Waals surface area contributed by atoms with Gasteiger partial charge in [0.15, 0.2) is 12.2 Å². The van der Waals surface area contributed by atoms with Gasteiger partial charge in [0.1, 0.15) is 19.3 Å². The van der Waals surface area contributed by atoms with Crippen molar-refractivity contribution in [3.05, 3.63) is 0 Å². The molecule has 3 unspecified atom stereocenters. The lowest BCUT2D eigenvalue weighted by Crippen LogP contribution is -2.30. The van der Waals surface area contributed by atoms with Crippen LogP contribution in [-0.4, -0.2) is 96.7 Å². The Morgan fingerprint density at radius 2 is 0.533 bits per heavy atom. The molecule has 0 radical (unpaired) electrons. The number of phosphoric acid groups is 2. The van der Waals surface area contributed by atoms with E-state index in [1.165, 1.54) is 148 Å². The summed E-state index contributed by atoms with van der Waals surface area (Å²) >= 11 is 0. The fraction of sp³-hybridized carbons (Fsp3) is 0.944. The number of ether oxygens (including phenoxy) is 4. The lowest BCUT2D eigenvalue weighted by molar-refractivity contribution is -0.161. The highest BCUT2D eigenvalue weighted by Gasteiger charge is 2.30. The third-order valence-electron chi connectivity index (χ3n) is 16.7. The Kier molecular flexibility index (Phi) is 59.4. The number of aliphatic hydroxyl groups is 1. The van der Waals surface area contributed by atoms with Crippen LogP contribution in [0.3, 0.4) is 0 Å². The van der Waals surface area contributed by atoms with E-state index in [1.54, 1.807) is 0 Å². The van der Waals surface area contributed by atoms with Crippen LogP contribution in [0.25, 0.3) is 0 Å². The number of phosphoric ester groups is 2. The SMILES string of the molecule is CCC(C)CCCCCCCCCCCCC(=O)O[C@H](COC(=O)CCCCCCCCCCCC(C)C)COP(=O)(O)OC[C@@H](O)COP(=O)(O)OC[C@@H](COC(=O)CCCCCCCCC(C)C)OC(=O)CCCCCCCCCCCCCCC(C)C. The maximum atomic E-state index is 13.0. The number of hydrogen-bond donors (Lipinski definition) is 3. The first kappa shape index (κ1) is 88.1. The fourth-order valence-electron chi connectivity index (χ4n) is 10.6. The molecule has 0 rings (SSSR count).